The summed E-state index contributed by atoms with van der Waals surface area (Å²) in [6.07, 6.45) is 1.08. The number of nitrogens with two attached hydrogens (primary N) is 1. The molecular formula is C21H30N4O6. The van der Waals surface area contributed by atoms with Gasteiger partial charge in [-0.3, -0.25) is 14.4 Å². The summed E-state index contributed by atoms with van der Waals surface area (Å²) in [5.41, 5.74) is 6.05. The van der Waals surface area contributed by atoms with Gasteiger partial charge in [0.1, 0.15) is 23.9 Å². The van der Waals surface area contributed by atoms with E-state index in [9.17, 15) is 29.4 Å². The Bertz CT molecular complexity index is 811. The Kier molecular flexibility index (Phi) is 8.38. The normalized spacial score (nSPS) is 17.8. The third-order valence-corrected chi connectivity index (χ3v) is 5.26. The van der Waals surface area contributed by atoms with Crippen molar-refractivity contribution >= 4 is 23.7 Å². The molecule has 10 heteroatoms. The van der Waals surface area contributed by atoms with E-state index in [1.54, 1.807) is 26.0 Å². The van der Waals surface area contributed by atoms with Crippen molar-refractivity contribution < 1.29 is 29.4 Å². The summed E-state index contributed by atoms with van der Waals surface area (Å²) in [5, 5.41) is 24.1. The Balaban J connectivity index is 2.18. The first kappa shape index (κ1) is 24.1. The van der Waals surface area contributed by atoms with Crippen molar-refractivity contribution in [3.63, 3.8) is 0 Å². The number of nitrogens with zero attached hydrogens (tertiary/aromatic N) is 1. The maximum atomic E-state index is 13.0. The van der Waals surface area contributed by atoms with E-state index in [0.717, 1.165) is 0 Å². The van der Waals surface area contributed by atoms with Gasteiger partial charge in [-0.2, -0.15) is 0 Å². The quantitative estimate of drug-likeness (QED) is 0.353. The van der Waals surface area contributed by atoms with Gasteiger partial charge < -0.3 is 31.5 Å². The van der Waals surface area contributed by atoms with Crippen molar-refractivity contribution in [3.05, 3.63) is 29.8 Å². The third-order valence-electron chi connectivity index (χ3n) is 5.26. The van der Waals surface area contributed by atoms with E-state index in [-0.39, 0.29) is 24.6 Å². The van der Waals surface area contributed by atoms with Crippen molar-refractivity contribution in [2.24, 2.45) is 11.7 Å². The number of carbonyl (C=O) groups is 4. The van der Waals surface area contributed by atoms with Crippen molar-refractivity contribution in [2.75, 3.05) is 13.1 Å². The van der Waals surface area contributed by atoms with Gasteiger partial charge in [-0.1, -0.05) is 26.0 Å². The molecule has 3 amide bonds. The minimum absolute atomic E-state index is 0.0693. The SMILES string of the molecule is CC(C)C(NC(=O)C(Cc1ccc(O)cc1)NC(=O)CN)C(=O)N1CCCC1C(=O)O. The van der Waals surface area contributed by atoms with Crippen LogP contribution in [0.2, 0.25) is 0 Å². The lowest BCUT2D eigenvalue weighted by Gasteiger charge is -2.30. The van der Waals surface area contributed by atoms with Gasteiger partial charge in [0.25, 0.3) is 0 Å². The van der Waals surface area contributed by atoms with Crippen LogP contribution < -0.4 is 16.4 Å². The lowest BCUT2D eigenvalue weighted by atomic mass is 10.00. The first-order chi connectivity index (χ1) is 14.6. The maximum Gasteiger partial charge on any atom is 0.326 e. The van der Waals surface area contributed by atoms with Crippen LogP contribution in [0, 0.1) is 5.92 Å². The molecule has 1 aliphatic rings. The fourth-order valence-electron chi connectivity index (χ4n) is 3.56. The first-order valence-corrected chi connectivity index (χ1v) is 10.2. The van der Waals surface area contributed by atoms with Gasteiger partial charge >= 0.3 is 5.97 Å². The van der Waals surface area contributed by atoms with E-state index in [2.05, 4.69) is 10.6 Å². The highest BCUT2D eigenvalue weighted by molar-refractivity contribution is 5.94. The number of likely N-dealkylation sites (tertiary alicyclic amines) is 1. The summed E-state index contributed by atoms with van der Waals surface area (Å²) in [4.78, 5) is 50.7. The van der Waals surface area contributed by atoms with Crippen LogP contribution in [0.5, 0.6) is 5.75 Å². The lowest BCUT2D eigenvalue weighted by Crippen LogP contribution is -2.58. The first-order valence-electron chi connectivity index (χ1n) is 10.2. The summed E-state index contributed by atoms with van der Waals surface area (Å²) in [5.74, 6) is -2.86. The molecule has 3 unspecified atom stereocenters. The van der Waals surface area contributed by atoms with E-state index in [0.29, 0.717) is 24.9 Å². The molecule has 1 aromatic carbocycles. The number of carboxylic acids is 1. The Morgan fingerprint density at radius 2 is 1.81 bits per heavy atom. The molecule has 1 saturated heterocycles. The van der Waals surface area contributed by atoms with Crippen molar-refractivity contribution in [3.8, 4) is 5.75 Å². The molecular weight excluding hydrogens is 404 g/mol. The molecule has 170 valence electrons. The molecule has 31 heavy (non-hydrogen) atoms. The van der Waals surface area contributed by atoms with E-state index in [4.69, 9.17) is 5.73 Å². The fourth-order valence-corrected chi connectivity index (χ4v) is 3.56. The predicted octanol–water partition coefficient (Wildman–Crippen LogP) is -0.405. The molecule has 3 atom stereocenters. The number of phenolic OH excluding ortho intramolecular Hbond substituents is 1. The fraction of sp³-hybridized carbons (Fsp3) is 0.524. The average molecular weight is 434 g/mol. The van der Waals surface area contributed by atoms with Crippen molar-refractivity contribution in [2.45, 2.75) is 51.2 Å². The number of aliphatic carboxylic acids is 1. The van der Waals surface area contributed by atoms with Gasteiger partial charge in [0, 0.05) is 13.0 Å². The zero-order chi connectivity index (χ0) is 23.1. The number of rotatable bonds is 9. The summed E-state index contributed by atoms with van der Waals surface area (Å²) >= 11 is 0. The van der Waals surface area contributed by atoms with Crippen LogP contribution >= 0.6 is 0 Å². The van der Waals surface area contributed by atoms with Crippen molar-refractivity contribution in [1.29, 1.82) is 0 Å². The molecule has 6 N–H and O–H groups in total. The second-order valence-corrected chi connectivity index (χ2v) is 7.95. The zero-order valence-corrected chi connectivity index (χ0v) is 17.7. The largest absolute Gasteiger partial charge is 0.508 e. The van der Waals surface area contributed by atoms with Gasteiger partial charge in [-0.05, 0) is 36.5 Å². The number of nitrogens with one attached hydrogen (secondary N) is 2. The second kappa shape index (κ2) is 10.8. The van der Waals surface area contributed by atoms with Crippen LogP contribution in [0.25, 0.3) is 0 Å². The Morgan fingerprint density at radius 3 is 2.35 bits per heavy atom. The van der Waals surface area contributed by atoms with Crippen molar-refractivity contribution in [1.82, 2.24) is 15.5 Å². The summed E-state index contributed by atoms with van der Waals surface area (Å²) in [6, 6.07) is 3.33. The predicted molar refractivity (Wildman–Crippen MR) is 112 cm³/mol. The van der Waals surface area contributed by atoms with Gasteiger partial charge in [0.05, 0.1) is 6.54 Å². The van der Waals surface area contributed by atoms with E-state index >= 15 is 0 Å². The number of hydrogen-bond acceptors (Lipinski definition) is 6. The van der Waals surface area contributed by atoms with Crippen LogP contribution in [-0.4, -0.2) is 70.0 Å². The number of hydrogen-bond donors (Lipinski definition) is 5. The standard InChI is InChI=1S/C21H30N4O6/c1-12(2)18(20(29)25-9-3-4-16(25)21(30)31)24-19(28)15(23-17(27)11-22)10-13-5-7-14(26)8-6-13/h5-8,12,15-16,18,26H,3-4,9-11,22H2,1-2H3,(H,23,27)(H,24,28)(H,30,31). The molecule has 0 radical (unpaired) electrons. The van der Waals surface area contributed by atoms with E-state index in [1.165, 1.54) is 17.0 Å². The van der Waals surface area contributed by atoms with Crippen LogP contribution in [-0.2, 0) is 25.6 Å². The topological polar surface area (TPSA) is 162 Å². The minimum Gasteiger partial charge on any atom is -0.508 e. The molecule has 1 aromatic rings. The molecule has 1 aliphatic heterocycles. The Morgan fingerprint density at radius 1 is 1.16 bits per heavy atom. The van der Waals surface area contributed by atoms with Gasteiger partial charge in [-0.25, -0.2) is 4.79 Å². The molecule has 0 saturated carbocycles. The van der Waals surface area contributed by atoms with E-state index in [1.807, 2.05) is 0 Å². The number of carbonyl (C=O) groups excluding carboxylic acids is 3. The third kappa shape index (κ3) is 6.42. The smallest absolute Gasteiger partial charge is 0.326 e. The molecule has 0 spiro atoms. The molecule has 0 aromatic heterocycles. The molecule has 1 fully saturated rings. The molecule has 2 rings (SSSR count). The number of amides is 3. The minimum atomic E-state index is -1.07. The van der Waals surface area contributed by atoms with Gasteiger partial charge in [0.15, 0.2) is 0 Å². The number of carboxylic acid groups (broad SMARTS) is 1. The zero-order valence-electron chi connectivity index (χ0n) is 17.7. The molecule has 1 heterocycles. The van der Waals surface area contributed by atoms with E-state index < -0.39 is 41.8 Å². The summed E-state index contributed by atoms with van der Waals surface area (Å²) < 4.78 is 0. The number of phenols is 1. The van der Waals surface area contributed by atoms with Crippen LogP contribution in [0.1, 0.15) is 32.3 Å². The summed E-state index contributed by atoms with van der Waals surface area (Å²) in [6.45, 7) is 3.51. The highest BCUT2D eigenvalue weighted by Gasteiger charge is 2.39. The van der Waals surface area contributed by atoms with Gasteiger partial charge in [0.2, 0.25) is 17.7 Å². The Labute approximate surface area is 180 Å². The van der Waals surface area contributed by atoms with Crippen LogP contribution in [0.15, 0.2) is 24.3 Å². The number of benzene rings is 1. The monoisotopic (exact) mass is 434 g/mol. The average Bonchev–Trinajstić information content (AvgIpc) is 3.22. The number of aromatic hydroxyl groups is 1. The van der Waals surface area contributed by atoms with Crippen LogP contribution in [0.4, 0.5) is 0 Å². The van der Waals surface area contributed by atoms with Crippen LogP contribution in [0.3, 0.4) is 0 Å². The highest BCUT2D eigenvalue weighted by atomic mass is 16.4. The maximum absolute atomic E-state index is 13.0. The van der Waals surface area contributed by atoms with Gasteiger partial charge in [-0.15, -0.1) is 0 Å². The molecule has 10 nitrogen and oxygen atoms in total. The second-order valence-electron chi connectivity index (χ2n) is 7.95. The Hall–Kier alpha value is -3.14. The summed E-state index contributed by atoms with van der Waals surface area (Å²) in [7, 11) is 0. The highest BCUT2D eigenvalue weighted by Crippen LogP contribution is 2.20. The molecule has 0 aliphatic carbocycles. The molecule has 0 bridgehead atoms. The lowest BCUT2D eigenvalue weighted by molar-refractivity contribution is -0.150.